The molecule has 2 aromatic carbocycles. The van der Waals surface area contributed by atoms with Crippen LogP contribution in [0.1, 0.15) is 16.0 Å². The lowest BCUT2D eigenvalue weighted by atomic mass is 10.0. The van der Waals surface area contributed by atoms with E-state index in [4.69, 9.17) is 27.9 Å². The third-order valence-electron chi connectivity index (χ3n) is 2.73. The van der Waals surface area contributed by atoms with Gasteiger partial charge in [0.05, 0.1) is 11.9 Å². The van der Waals surface area contributed by atoms with Crippen LogP contribution in [0.2, 0.25) is 10.0 Å². The van der Waals surface area contributed by atoms with Crippen molar-refractivity contribution in [1.82, 2.24) is 0 Å². The number of ether oxygens (including phenoxy) is 1. The van der Waals surface area contributed by atoms with E-state index < -0.39 is 0 Å². The van der Waals surface area contributed by atoms with E-state index in [0.717, 1.165) is 21.3 Å². The van der Waals surface area contributed by atoms with Gasteiger partial charge in [-0.3, -0.25) is 0 Å². The van der Waals surface area contributed by atoms with E-state index in [1.807, 2.05) is 36.4 Å². The summed E-state index contributed by atoms with van der Waals surface area (Å²) in [6.07, 6.45) is 0. The molecule has 2 rings (SSSR count). The van der Waals surface area contributed by atoms with Crippen molar-refractivity contribution in [3.63, 3.8) is 0 Å². The highest BCUT2D eigenvalue weighted by molar-refractivity contribution is 9.11. The summed E-state index contributed by atoms with van der Waals surface area (Å²) < 4.78 is 6.12. The van der Waals surface area contributed by atoms with Crippen molar-refractivity contribution < 1.29 is 4.74 Å². The van der Waals surface area contributed by atoms with Gasteiger partial charge >= 0.3 is 0 Å². The number of benzene rings is 2. The fourth-order valence-corrected chi connectivity index (χ4v) is 4.41. The Morgan fingerprint density at radius 2 is 1.74 bits per heavy atom. The molecule has 0 spiro atoms. The fourth-order valence-electron chi connectivity index (χ4n) is 1.75. The first-order chi connectivity index (χ1) is 9.04. The fraction of sp³-hybridized carbons (Fsp3) is 0.143. The SMILES string of the molecule is COc1ccc(C(Br)c2c(Cl)cccc2Cl)c(Br)c1. The second-order valence-electron chi connectivity index (χ2n) is 3.89. The van der Waals surface area contributed by atoms with Crippen LogP contribution in [0.3, 0.4) is 0 Å². The summed E-state index contributed by atoms with van der Waals surface area (Å²) in [6.45, 7) is 0. The van der Waals surface area contributed by atoms with Gasteiger partial charge in [-0.15, -0.1) is 0 Å². The van der Waals surface area contributed by atoms with Gasteiger partial charge in [0.25, 0.3) is 0 Å². The third kappa shape index (κ3) is 3.27. The molecule has 0 radical (unpaired) electrons. The van der Waals surface area contributed by atoms with E-state index in [2.05, 4.69) is 31.9 Å². The molecule has 100 valence electrons. The summed E-state index contributed by atoms with van der Waals surface area (Å²) in [5, 5.41) is 1.27. The van der Waals surface area contributed by atoms with Crippen molar-refractivity contribution in [2.45, 2.75) is 4.83 Å². The summed E-state index contributed by atoms with van der Waals surface area (Å²) in [7, 11) is 1.64. The second-order valence-corrected chi connectivity index (χ2v) is 6.47. The smallest absolute Gasteiger partial charge is 0.120 e. The van der Waals surface area contributed by atoms with Crippen molar-refractivity contribution in [3.8, 4) is 5.75 Å². The van der Waals surface area contributed by atoms with E-state index >= 15 is 0 Å². The van der Waals surface area contributed by atoms with Crippen molar-refractivity contribution in [1.29, 1.82) is 0 Å². The van der Waals surface area contributed by atoms with Gasteiger partial charge in [-0.2, -0.15) is 0 Å². The van der Waals surface area contributed by atoms with Crippen LogP contribution in [0.4, 0.5) is 0 Å². The molecule has 0 bridgehead atoms. The molecule has 0 fully saturated rings. The minimum Gasteiger partial charge on any atom is -0.497 e. The van der Waals surface area contributed by atoms with Gasteiger partial charge < -0.3 is 4.74 Å². The quantitative estimate of drug-likeness (QED) is 0.529. The molecule has 0 aliphatic rings. The van der Waals surface area contributed by atoms with Gasteiger partial charge in [-0.05, 0) is 29.8 Å². The highest BCUT2D eigenvalue weighted by Gasteiger charge is 2.19. The molecule has 19 heavy (non-hydrogen) atoms. The van der Waals surface area contributed by atoms with Gasteiger partial charge in [0.1, 0.15) is 5.75 Å². The van der Waals surface area contributed by atoms with Crippen molar-refractivity contribution in [2.75, 3.05) is 7.11 Å². The molecule has 0 saturated carbocycles. The first-order valence-electron chi connectivity index (χ1n) is 5.46. The molecule has 0 aromatic heterocycles. The molecule has 0 N–H and O–H groups in total. The summed E-state index contributed by atoms with van der Waals surface area (Å²) in [5.74, 6) is 0.792. The maximum atomic E-state index is 6.23. The van der Waals surface area contributed by atoms with E-state index in [-0.39, 0.29) is 4.83 Å². The Morgan fingerprint density at radius 3 is 2.26 bits per heavy atom. The lowest BCUT2D eigenvalue weighted by Gasteiger charge is -2.16. The average molecular weight is 425 g/mol. The van der Waals surface area contributed by atoms with Crippen LogP contribution in [-0.2, 0) is 0 Å². The topological polar surface area (TPSA) is 9.23 Å². The van der Waals surface area contributed by atoms with E-state index in [0.29, 0.717) is 10.0 Å². The first-order valence-corrected chi connectivity index (χ1v) is 7.92. The monoisotopic (exact) mass is 422 g/mol. The molecule has 1 nitrogen and oxygen atoms in total. The highest BCUT2D eigenvalue weighted by atomic mass is 79.9. The lowest BCUT2D eigenvalue weighted by molar-refractivity contribution is 0.414. The average Bonchev–Trinajstić information content (AvgIpc) is 2.38. The lowest BCUT2D eigenvalue weighted by Crippen LogP contribution is -1.97. The predicted octanol–water partition coefficient (Wildman–Crippen LogP) is 6.25. The zero-order chi connectivity index (χ0) is 14.0. The maximum Gasteiger partial charge on any atom is 0.120 e. The van der Waals surface area contributed by atoms with Crippen LogP contribution in [0.15, 0.2) is 40.9 Å². The normalized spacial score (nSPS) is 12.3. The van der Waals surface area contributed by atoms with E-state index in [1.165, 1.54) is 0 Å². The summed E-state index contributed by atoms with van der Waals surface area (Å²) in [6, 6.07) is 11.3. The molecule has 1 unspecified atom stereocenters. The van der Waals surface area contributed by atoms with Gasteiger partial charge in [0, 0.05) is 20.1 Å². The second kappa shape index (κ2) is 6.49. The first kappa shape index (κ1) is 15.2. The molecule has 1 atom stereocenters. The van der Waals surface area contributed by atoms with Gasteiger partial charge in [-0.25, -0.2) is 0 Å². The van der Waals surface area contributed by atoms with Gasteiger partial charge in [0.2, 0.25) is 0 Å². The maximum absolute atomic E-state index is 6.23. The van der Waals surface area contributed by atoms with E-state index in [1.54, 1.807) is 7.11 Å². The number of halogens is 4. The van der Waals surface area contributed by atoms with Crippen LogP contribution < -0.4 is 4.74 Å². The van der Waals surface area contributed by atoms with Gasteiger partial charge in [-0.1, -0.05) is 67.2 Å². The molecule has 0 aliphatic heterocycles. The molecule has 0 heterocycles. The van der Waals surface area contributed by atoms with Crippen LogP contribution in [-0.4, -0.2) is 7.11 Å². The zero-order valence-corrected chi connectivity index (χ0v) is 14.6. The highest BCUT2D eigenvalue weighted by Crippen LogP contribution is 2.42. The predicted molar refractivity (Wildman–Crippen MR) is 87.9 cm³/mol. The van der Waals surface area contributed by atoms with Crippen molar-refractivity contribution in [3.05, 3.63) is 62.0 Å². The van der Waals surface area contributed by atoms with Crippen LogP contribution in [0, 0.1) is 0 Å². The standard InChI is InChI=1S/C14H10Br2Cl2O/c1-19-8-5-6-9(10(15)7-8)14(16)13-11(17)3-2-4-12(13)18/h2-7,14H,1H3. The Balaban J connectivity index is 2.47. The molecular formula is C14H10Br2Cl2O. The number of methoxy groups -OCH3 is 1. The van der Waals surface area contributed by atoms with Crippen LogP contribution in [0.5, 0.6) is 5.75 Å². The van der Waals surface area contributed by atoms with Crippen LogP contribution >= 0.6 is 55.1 Å². The van der Waals surface area contributed by atoms with Crippen molar-refractivity contribution in [2.24, 2.45) is 0 Å². The summed E-state index contributed by atoms with van der Waals surface area (Å²) in [4.78, 5) is -0.0889. The van der Waals surface area contributed by atoms with Crippen LogP contribution in [0.25, 0.3) is 0 Å². The number of hydrogen-bond donors (Lipinski definition) is 0. The zero-order valence-electron chi connectivity index (χ0n) is 9.96. The Labute approximate surface area is 139 Å². The Bertz CT molecular complexity index is 582. The Hall–Kier alpha value is -0.220. The Kier molecular flexibility index (Phi) is 5.18. The molecule has 2 aromatic rings. The summed E-state index contributed by atoms with van der Waals surface area (Å²) >= 11 is 19.7. The van der Waals surface area contributed by atoms with Crippen molar-refractivity contribution >= 4 is 55.1 Å². The molecule has 0 aliphatic carbocycles. The van der Waals surface area contributed by atoms with E-state index in [9.17, 15) is 0 Å². The summed E-state index contributed by atoms with van der Waals surface area (Å²) in [5.41, 5.74) is 1.90. The molecule has 0 amide bonds. The largest absolute Gasteiger partial charge is 0.497 e. The molecular weight excluding hydrogens is 415 g/mol. The molecule has 0 saturated heterocycles. The number of rotatable bonds is 3. The minimum absolute atomic E-state index is 0.0889. The third-order valence-corrected chi connectivity index (χ3v) is 5.03. The van der Waals surface area contributed by atoms with Gasteiger partial charge in [0.15, 0.2) is 0 Å². The Morgan fingerprint density at radius 1 is 1.11 bits per heavy atom. The molecule has 5 heteroatoms. The number of alkyl halides is 1. The number of hydrogen-bond acceptors (Lipinski definition) is 1. The minimum atomic E-state index is -0.0889.